The van der Waals surface area contributed by atoms with Gasteiger partial charge in [0.05, 0.1) is 19.3 Å². The SMILES string of the molecule is CC(C)OCCn1cccn1. The van der Waals surface area contributed by atoms with Crippen molar-refractivity contribution in [3.63, 3.8) is 0 Å². The summed E-state index contributed by atoms with van der Waals surface area (Å²) in [4.78, 5) is 0. The Bertz CT molecular complexity index is 182. The van der Waals surface area contributed by atoms with Crippen LogP contribution in [0.5, 0.6) is 0 Å². The summed E-state index contributed by atoms with van der Waals surface area (Å²) in [7, 11) is 0. The summed E-state index contributed by atoms with van der Waals surface area (Å²) in [5.74, 6) is 0. The lowest BCUT2D eigenvalue weighted by molar-refractivity contribution is 0.0710. The van der Waals surface area contributed by atoms with Crippen molar-refractivity contribution in [3.05, 3.63) is 18.5 Å². The van der Waals surface area contributed by atoms with Crippen molar-refractivity contribution in [1.82, 2.24) is 9.78 Å². The normalized spacial score (nSPS) is 10.8. The zero-order chi connectivity index (χ0) is 8.10. The molecule has 1 aromatic rings. The first-order valence-corrected chi connectivity index (χ1v) is 3.88. The van der Waals surface area contributed by atoms with Crippen molar-refractivity contribution in [2.75, 3.05) is 6.61 Å². The maximum absolute atomic E-state index is 5.35. The Morgan fingerprint density at radius 2 is 2.36 bits per heavy atom. The first-order valence-electron chi connectivity index (χ1n) is 3.88. The third-order valence-electron chi connectivity index (χ3n) is 1.33. The third kappa shape index (κ3) is 3.18. The fourth-order valence-electron chi connectivity index (χ4n) is 0.815. The minimum absolute atomic E-state index is 0.311. The van der Waals surface area contributed by atoms with Gasteiger partial charge in [-0.05, 0) is 19.9 Å². The molecule has 0 saturated carbocycles. The van der Waals surface area contributed by atoms with Crippen molar-refractivity contribution >= 4 is 0 Å². The van der Waals surface area contributed by atoms with Crippen LogP contribution in [0.4, 0.5) is 0 Å². The van der Waals surface area contributed by atoms with Crippen LogP contribution in [-0.4, -0.2) is 22.5 Å². The van der Waals surface area contributed by atoms with Gasteiger partial charge in [0.2, 0.25) is 0 Å². The van der Waals surface area contributed by atoms with Crippen molar-refractivity contribution < 1.29 is 4.74 Å². The van der Waals surface area contributed by atoms with E-state index in [0.29, 0.717) is 6.10 Å². The van der Waals surface area contributed by atoms with E-state index in [2.05, 4.69) is 5.10 Å². The molecule has 1 heterocycles. The summed E-state index contributed by atoms with van der Waals surface area (Å²) >= 11 is 0. The average Bonchev–Trinajstić information content (AvgIpc) is 2.39. The van der Waals surface area contributed by atoms with Gasteiger partial charge in [-0.25, -0.2) is 0 Å². The van der Waals surface area contributed by atoms with Gasteiger partial charge in [0.25, 0.3) is 0 Å². The summed E-state index contributed by atoms with van der Waals surface area (Å²) in [6, 6.07) is 1.91. The van der Waals surface area contributed by atoms with Gasteiger partial charge in [-0.15, -0.1) is 0 Å². The Balaban J connectivity index is 2.14. The molecular formula is C8H14N2O. The molecule has 0 aliphatic rings. The molecule has 0 unspecified atom stereocenters. The lowest BCUT2D eigenvalue weighted by Crippen LogP contribution is -2.10. The van der Waals surface area contributed by atoms with Crippen LogP contribution in [0.25, 0.3) is 0 Å². The molecule has 3 nitrogen and oxygen atoms in total. The molecule has 0 bridgehead atoms. The number of hydrogen-bond donors (Lipinski definition) is 0. The van der Waals surface area contributed by atoms with E-state index in [-0.39, 0.29) is 0 Å². The maximum atomic E-state index is 5.35. The molecule has 0 aromatic carbocycles. The fourth-order valence-corrected chi connectivity index (χ4v) is 0.815. The smallest absolute Gasteiger partial charge is 0.0666 e. The molecule has 11 heavy (non-hydrogen) atoms. The average molecular weight is 154 g/mol. The predicted octanol–water partition coefficient (Wildman–Crippen LogP) is 1.31. The van der Waals surface area contributed by atoms with Crippen LogP contribution in [-0.2, 0) is 11.3 Å². The van der Waals surface area contributed by atoms with Gasteiger partial charge < -0.3 is 4.74 Å². The number of ether oxygens (including phenoxy) is 1. The predicted molar refractivity (Wildman–Crippen MR) is 43.3 cm³/mol. The third-order valence-corrected chi connectivity index (χ3v) is 1.33. The highest BCUT2D eigenvalue weighted by molar-refractivity contribution is 4.77. The summed E-state index contributed by atoms with van der Waals surface area (Å²) in [6.07, 6.45) is 4.02. The minimum Gasteiger partial charge on any atom is -0.377 e. The Hall–Kier alpha value is -0.830. The Labute approximate surface area is 67.0 Å². The first-order chi connectivity index (χ1) is 5.29. The molecule has 0 aliphatic carbocycles. The van der Waals surface area contributed by atoms with Gasteiger partial charge in [0, 0.05) is 12.4 Å². The molecule has 0 N–H and O–H groups in total. The van der Waals surface area contributed by atoms with Crippen LogP contribution in [0.15, 0.2) is 18.5 Å². The van der Waals surface area contributed by atoms with Gasteiger partial charge >= 0.3 is 0 Å². The molecule has 0 fully saturated rings. The van der Waals surface area contributed by atoms with Gasteiger partial charge in [-0.3, -0.25) is 4.68 Å². The van der Waals surface area contributed by atoms with Crippen LogP contribution in [0, 0.1) is 0 Å². The van der Waals surface area contributed by atoms with Crippen molar-refractivity contribution in [3.8, 4) is 0 Å². The van der Waals surface area contributed by atoms with Crippen LogP contribution in [0.3, 0.4) is 0 Å². The first kappa shape index (κ1) is 8.27. The van der Waals surface area contributed by atoms with E-state index in [9.17, 15) is 0 Å². The molecule has 0 saturated heterocycles. The van der Waals surface area contributed by atoms with Crippen molar-refractivity contribution in [2.24, 2.45) is 0 Å². The van der Waals surface area contributed by atoms with E-state index in [1.807, 2.05) is 30.8 Å². The van der Waals surface area contributed by atoms with Crippen LogP contribution >= 0.6 is 0 Å². The van der Waals surface area contributed by atoms with Gasteiger partial charge in [-0.1, -0.05) is 0 Å². The minimum atomic E-state index is 0.311. The fraction of sp³-hybridized carbons (Fsp3) is 0.625. The molecule has 62 valence electrons. The summed E-state index contributed by atoms with van der Waals surface area (Å²) in [5.41, 5.74) is 0. The second kappa shape index (κ2) is 4.13. The molecule has 1 rings (SSSR count). The Kier molecular flexibility index (Phi) is 3.11. The highest BCUT2D eigenvalue weighted by atomic mass is 16.5. The molecule has 0 spiro atoms. The zero-order valence-corrected chi connectivity index (χ0v) is 7.03. The molecular weight excluding hydrogens is 140 g/mol. The summed E-state index contributed by atoms with van der Waals surface area (Å²) < 4.78 is 7.22. The highest BCUT2D eigenvalue weighted by Gasteiger charge is 1.93. The van der Waals surface area contributed by atoms with Gasteiger partial charge in [0.1, 0.15) is 0 Å². The topological polar surface area (TPSA) is 27.1 Å². The number of hydrogen-bond acceptors (Lipinski definition) is 2. The van der Waals surface area contributed by atoms with E-state index in [4.69, 9.17) is 4.74 Å². The number of rotatable bonds is 4. The lowest BCUT2D eigenvalue weighted by Gasteiger charge is -2.06. The van der Waals surface area contributed by atoms with Crippen LogP contribution in [0.2, 0.25) is 0 Å². The maximum Gasteiger partial charge on any atom is 0.0666 e. The van der Waals surface area contributed by atoms with Gasteiger partial charge in [0.15, 0.2) is 0 Å². The molecule has 0 radical (unpaired) electrons. The quantitative estimate of drug-likeness (QED) is 0.653. The van der Waals surface area contributed by atoms with E-state index in [0.717, 1.165) is 13.2 Å². The standard InChI is InChI=1S/C8H14N2O/c1-8(2)11-7-6-10-5-3-4-9-10/h3-5,8H,6-7H2,1-2H3. The molecule has 1 aromatic heterocycles. The van der Waals surface area contributed by atoms with Crippen molar-refractivity contribution in [1.29, 1.82) is 0 Å². The Morgan fingerprint density at radius 3 is 2.91 bits per heavy atom. The van der Waals surface area contributed by atoms with Crippen LogP contribution in [0.1, 0.15) is 13.8 Å². The lowest BCUT2D eigenvalue weighted by atomic mass is 10.5. The van der Waals surface area contributed by atoms with Gasteiger partial charge in [-0.2, -0.15) is 5.10 Å². The van der Waals surface area contributed by atoms with Crippen molar-refractivity contribution in [2.45, 2.75) is 26.5 Å². The molecule has 0 aliphatic heterocycles. The largest absolute Gasteiger partial charge is 0.377 e. The summed E-state index contributed by atoms with van der Waals surface area (Å²) in [5, 5.41) is 4.05. The van der Waals surface area contributed by atoms with E-state index < -0.39 is 0 Å². The highest BCUT2D eigenvalue weighted by Crippen LogP contribution is 1.89. The Morgan fingerprint density at radius 1 is 1.55 bits per heavy atom. The monoisotopic (exact) mass is 154 g/mol. The molecule has 3 heteroatoms. The number of nitrogens with zero attached hydrogens (tertiary/aromatic N) is 2. The molecule has 0 atom stereocenters. The number of aromatic nitrogens is 2. The zero-order valence-electron chi connectivity index (χ0n) is 7.03. The van der Waals surface area contributed by atoms with Crippen LogP contribution < -0.4 is 0 Å². The second-order valence-corrected chi connectivity index (χ2v) is 2.69. The van der Waals surface area contributed by atoms with E-state index >= 15 is 0 Å². The second-order valence-electron chi connectivity index (χ2n) is 2.69. The summed E-state index contributed by atoms with van der Waals surface area (Å²) in [6.45, 7) is 5.64. The molecule has 0 amide bonds. The van der Waals surface area contributed by atoms with E-state index in [1.54, 1.807) is 6.20 Å². The van der Waals surface area contributed by atoms with E-state index in [1.165, 1.54) is 0 Å².